The predicted octanol–water partition coefficient (Wildman–Crippen LogP) is 2.81. The number of ether oxygens (including phenoxy) is 1. The van der Waals surface area contributed by atoms with Crippen molar-refractivity contribution in [3.8, 4) is 0 Å². The third-order valence-corrected chi connectivity index (χ3v) is 2.98. The van der Waals surface area contributed by atoms with Gasteiger partial charge in [0.15, 0.2) is 11.6 Å². The summed E-state index contributed by atoms with van der Waals surface area (Å²) in [5.74, 6) is -1.18. The third-order valence-electron chi connectivity index (χ3n) is 2.98. The first-order valence-corrected chi connectivity index (χ1v) is 5.88. The van der Waals surface area contributed by atoms with Crippen molar-refractivity contribution >= 4 is 0 Å². The van der Waals surface area contributed by atoms with E-state index in [1.165, 1.54) is 25.0 Å². The lowest BCUT2D eigenvalue weighted by Gasteiger charge is -2.12. The van der Waals surface area contributed by atoms with Gasteiger partial charge in [-0.15, -0.1) is 0 Å². The molecule has 1 fully saturated rings. The first-order valence-electron chi connectivity index (χ1n) is 5.88. The van der Waals surface area contributed by atoms with Gasteiger partial charge in [-0.05, 0) is 18.4 Å². The van der Waals surface area contributed by atoms with Gasteiger partial charge < -0.3 is 9.84 Å². The molecule has 0 aliphatic heterocycles. The van der Waals surface area contributed by atoms with Crippen LogP contribution >= 0.6 is 0 Å². The highest BCUT2D eigenvalue weighted by molar-refractivity contribution is 5.21. The van der Waals surface area contributed by atoms with Crippen LogP contribution in [0.1, 0.15) is 30.9 Å². The second-order valence-corrected chi connectivity index (χ2v) is 4.47. The molecule has 0 aromatic heterocycles. The molecule has 0 spiro atoms. The molecule has 94 valence electrons. The van der Waals surface area contributed by atoms with Gasteiger partial charge in [-0.1, -0.05) is 25.0 Å². The van der Waals surface area contributed by atoms with Crippen LogP contribution in [0.2, 0.25) is 0 Å². The molecule has 1 aliphatic carbocycles. The van der Waals surface area contributed by atoms with E-state index in [2.05, 4.69) is 0 Å². The first kappa shape index (κ1) is 12.5. The van der Waals surface area contributed by atoms with Gasteiger partial charge in [-0.2, -0.15) is 0 Å². The predicted molar refractivity (Wildman–Crippen MR) is 59.5 cm³/mol. The van der Waals surface area contributed by atoms with E-state index in [1.54, 1.807) is 0 Å². The Hall–Kier alpha value is -1.00. The number of hydrogen-bond donors (Lipinski definition) is 1. The summed E-state index contributed by atoms with van der Waals surface area (Å²) in [5.41, 5.74) is -0.0450. The minimum absolute atomic E-state index is 0.00704. The summed E-state index contributed by atoms with van der Waals surface area (Å²) in [4.78, 5) is 0. The number of benzene rings is 1. The van der Waals surface area contributed by atoms with Crippen molar-refractivity contribution in [2.75, 3.05) is 13.2 Å². The summed E-state index contributed by atoms with van der Waals surface area (Å²) in [6, 6.07) is 3.77. The lowest BCUT2D eigenvalue weighted by Crippen LogP contribution is -2.10. The fourth-order valence-corrected chi connectivity index (χ4v) is 1.72. The van der Waals surface area contributed by atoms with E-state index in [0.29, 0.717) is 6.61 Å². The van der Waals surface area contributed by atoms with Gasteiger partial charge >= 0.3 is 0 Å². The minimum Gasteiger partial charge on any atom is -0.386 e. The zero-order valence-corrected chi connectivity index (χ0v) is 9.53. The Morgan fingerprint density at radius 1 is 1.35 bits per heavy atom. The Kier molecular flexibility index (Phi) is 4.07. The molecule has 0 heterocycles. The Labute approximate surface area is 99.2 Å². The molecule has 2 nitrogen and oxygen atoms in total. The first-order chi connectivity index (χ1) is 8.18. The van der Waals surface area contributed by atoms with Gasteiger partial charge in [0.05, 0.1) is 6.61 Å². The maximum Gasteiger partial charge on any atom is 0.164 e. The summed E-state index contributed by atoms with van der Waals surface area (Å²) >= 11 is 0. The largest absolute Gasteiger partial charge is 0.386 e. The van der Waals surface area contributed by atoms with Crippen LogP contribution in [-0.2, 0) is 4.74 Å². The molecule has 1 unspecified atom stereocenters. The van der Waals surface area contributed by atoms with Crippen LogP contribution in [0.25, 0.3) is 0 Å². The molecule has 4 heteroatoms. The maximum atomic E-state index is 13.3. The number of hydrogen-bond acceptors (Lipinski definition) is 2. The topological polar surface area (TPSA) is 29.5 Å². The van der Waals surface area contributed by atoms with Gasteiger partial charge in [-0.25, -0.2) is 8.78 Å². The van der Waals surface area contributed by atoms with Crippen molar-refractivity contribution in [1.29, 1.82) is 0 Å². The van der Waals surface area contributed by atoms with Crippen LogP contribution in [0.4, 0.5) is 8.78 Å². The summed E-state index contributed by atoms with van der Waals surface area (Å²) < 4.78 is 31.5. The van der Waals surface area contributed by atoms with Gasteiger partial charge in [0.25, 0.3) is 0 Å². The van der Waals surface area contributed by atoms with E-state index in [0.717, 1.165) is 18.4 Å². The standard InChI is InChI=1S/C13H16F2O2/c14-11-3-1-2-10(13(11)15)12(16)8-17-7-6-9-4-5-9/h1-3,9,12,16H,4-8H2. The van der Waals surface area contributed by atoms with Gasteiger partial charge in [0.1, 0.15) is 6.10 Å². The van der Waals surface area contributed by atoms with E-state index in [-0.39, 0.29) is 12.2 Å². The lowest BCUT2D eigenvalue weighted by atomic mass is 10.1. The highest BCUT2D eigenvalue weighted by Gasteiger charge is 2.21. The van der Waals surface area contributed by atoms with Crippen LogP contribution < -0.4 is 0 Å². The number of halogens is 2. The van der Waals surface area contributed by atoms with Crippen molar-refractivity contribution in [3.05, 3.63) is 35.4 Å². The second-order valence-electron chi connectivity index (χ2n) is 4.47. The number of aliphatic hydroxyl groups is 1. The molecule has 2 rings (SSSR count). The Balaban J connectivity index is 1.81. The van der Waals surface area contributed by atoms with Crippen molar-refractivity contribution in [2.24, 2.45) is 5.92 Å². The van der Waals surface area contributed by atoms with E-state index in [4.69, 9.17) is 4.74 Å². The molecule has 0 radical (unpaired) electrons. The molecule has 17 heavy (non-hydrogen) atoms. The maximum absolute atomic E-state index is 13.3. The normalized spacial score (nSPS) is 17.1. The fourth-order valence-electron chi connectivity index (χ4n) is 1.72. The van der Waals surface area contributed by atoms with E-state index in [9.17, 15) is 13.9 Å². The zero-order chi connectivity index (χ0) is 12.3. The van der Waals surface area contributed by atoms with Crippen molar-refractivity contribution < 1.29 is 18.6 Å². The molecule has 1 atom stereocenters. The quantitative estimate of drug-likeness (QED) is 0.777. The molecule has 1 N–H and O–H groups in total. The van der Waals surface area contributed by atoms with Gasteiger partial charge in [-0.3, -0.25) is 0 Å². The highest BCUT2D eigenvalue weighted by atomic mass is 19.2. The molecule has 1 aliphatic rings. The van der Waals surface area contributed by atoms with Gasteiger partial charge in [0, 0.05) is 12.2 Å². The summed E-state index contributed by atoms with van der Waals surface area (Å²) in [7, 11) is 0. The SMILES string of the molecule is OC(COCCC1CC1)c1cccc(F)c1F. The second kappa shape index (κ2) is 5.56. The monoisotopic (exact) mass is 242 g/mol. The summed E-state index contributed by atoms with van der Waals surface area (Å²) in [6.45, 7) is 0.575. The Bertz CT molecular complexity index is 378. The van der Waals surface area contributed by atoms with Crippen molar-refractivity contribution in [3.63, 3.8) is 0 Å². The molecule has 0 saturated heterocycles. The van der Waals surface area contributed by atoms with Gasteiger partial charge in [0.2, 0.25) is 0 Å². The average molecular weight is 242 g/mol. The smallest absolute Gasteiger partial charge is 0.164 e. The summed E-state index contributed by atoms with van der Waals surface area (Å²) in [5, 5.41) is 9.67. The Morgan fingerprint density at radius 2 is 2.12 bits per heavy atom. The van der Waals surface area contributed by atoms with E-state index < -0.39 is 17.7 Å². The average Bonchev–Trinajstić information content (AvgIpc) is 3.12. The molecule has 1 saturated carbocycles. The minimum atomic E-state index is -1.11. The molecule has 1 aromatic rings. The van der Waals surface area contributed by atoms with Crippen molar-refractivity contribution in [1.82, 2.24) is 0 Å². The number of rotatable bonds is 6. The van der Waals surface area contributed by atoms with E-state index >= 15 is 0 Å². The lowest BCUT2D eigenvalue weighted by molar-refractivity contribution is 0.0316. The molecule has 0 amide bonds. The van der Waals surface area contributed by atoms with Crippen LogP contribution in [0.15, 0.2) is 18.2 Å². The number of aliphatic hydroxyl groups excluding tert-OH is 1. The van der Waals surface area contributed by atoms with Crippen molar-refractivity contribution in [2.45, 2.75) is 25.4 Å². The molecule has 0 bridgehead atoms. The molecular formula is C13H16F2O2. The molecule has 1 aromatic carbocycles. The van der Waals surface area contributed by atoms with E-state index in [1.807, 2.05) is 0 Å². The van der Waals surface area contributed by atoms with Crippen LogP contribution in [0, 0.1) is 17.6 Å². The fraction of sp³-hybridized carbons (Fsp3) is 0.538. The van der Waals surface area contributed by atoms with Crippen LogP contribution in [0.5, 0.6) is 0 Å². The summed E-state index contributed by atoms with van der Waals surface area (Å²) in [6.07, 6.45) is 2.39. The third kappa shape index (κ3) is 3.48. The zero-order valence-electron chi connectivity index (χ0n) is 9.53. The molecular weight excluding hydrogens is 226 g/mol. The Morgan fingerprint density at radius 3 is 2.82 bits per heavy atom. The van der Waals surface area contributed by atoms with Crippen LogP contribution in [0.3, 0.4) is 0 Å². The van der Waals surface area contributed by atoms with Crippen LogP contribution in [-0.4, -0.2) is 18.3 Å². The highest BCUT2D eigenvalue weighted by Crippen LogP contribution is 2.32.